The zero-order chi connectivity index (χ0) is 35.0. The largest absolute Gasteiger partial charge is 0.497 e. The summed E-state index contributed by atoms with van der Waals surface area (Å²) in [5.41, 5.74) is 5.56. The fraction of sp³-hybridized carbons (Fsp3) is 0.300. The first kappa shape index (κ1) is 34.2. The van der Waals surface area contributed by atoms with Crippen molar-refractivity contribution in [2.75, 3.05) is 27.4 Å². The van der Waals surface area contributed by atoms with Gasteiger partial charge in [0.2, 0.25) is 11.8 Å². The van der Waals surface area contributed by atoms with E-state index in [-0.39, 0.29) is 23.9 Å². The molecule has 2 aliphatic heterocycles. The number of carbonyl (C=O) groups is 2. The van der Waals surface area contributed by atoms with Crippen molar-refractivity contribution >= 4 is 23.2 Å². The molecular weight excluding hydrogens is 632 g/mol. The fourth-order valence-corrected chi connectivity index (χ4v) is 6.24. The van der Waals surface area contributed by atoms with Crippen LogP contribution in [-0.2, 0) is 9.59 Å². The molecule has 0 N–H and O–H groups in total. The molecule has 2 aliphatic rings. The Balaban J connectivity index is 0.988. The van der Waals surface area contributed by atoms with Gasteiger partial charge < -0.3 is 18.9 Å². The van der Waals surface area contributed by atoms with E-state index in [0.29, 0.717) is 26.1 Å². The maximum absolute atomic E-state index is 12.4. The highest BCUT2D eigenvalue weighted by atomic mass is 16.5. The Bertz CT molecular complexity index is 1730. The lowest BCUT2D eigenvalue weighted by molar-refractivity contribution is -0.131. The number of hydrogen-bond acceptors (Lipinski definition) is 8. The highest BCUT2D eigenvalue weighted by Gasteiger charge is 2.32. The van der Waals surface area contributed by atoms with Gasteiger partial charge in [-0.05, 0) is 72.5 Å². The number of rotatable bonds is 13. The summed E-state index contributed by atoms with van der Waals surface area (Å²) in [5, 5.41) is 12.5. The molecule has 2 unspecified atom stereocenters. The minimum absolute atomic E-state index is 0.104. The molecule has 2 amide bonds. The molecule has 0 aliphatic carbocycles. The van der Waals surface area contributed by atoms with Crippen LogP contribution < -0.4 is 18.9 Å². The average molecular weight is 675 g/mol. The van der Waals surface area contributed by atoms with Crippen LogP contribution in [0.2, 0.25) is 0 Å². The molecule has 0 radical (unpaired) electrons. The second kappa shape index (κ2) is 15.7. The molecular formula is C40H42N4O6. The van der Waals surface area contributed by atoms with E-state index in [1.54, 1.807) is 24.2 Å². The fourth-order valence-electron chi connectivity index (χ4n) is 6.24. The smallest absolute Gasteiger partial charge is 0.240 e. The van der Waals surface area contributed by atoms with Gasteiger partial charge in [0.25, 0.3) is 0 Å². The lowest BCUT2D eigenvalue weighted by atomic mass is 9.98. The molecule has 0 bridgehead atoms. The summed E-state index contributed by atoms with van der Waals surface area (Å²) in [7, 11) is 3.27. The molecule has 0 fully saturated rings. The van der Waals surface area contributed by atoms with Crippen molar-refractivity contribution in [2.24, 2.45) is 10.2 Å². The number of benzene rings is 4. The van der Waals surface area contributed by atoms with Crippen LogP contribution in [0.3, 0.4) is 0 Å². The van der Waals surface area contributed by atoms with E-state index in [1.807, 2.05) is 97.1 Å². The third-order valence-corrected chi connectivity index (χ3v) is 8.88. The summed E-state index contributed by atoms with van der Waals surface area (Å²) in [6, 6.07) is 30.9. The van der Waals surface area contributed by atoms with E-state index >= 15 is 0 Å². The van der Waals surface area contributed by atoms with Crippen LogP contribution in [0.4, 0.5) is 0 Å². The lowest BCUT2D eigenvalue weighted by Crippen LogP contribution is -2.24. The van der Waals surface area contributed by atoms with E-state index < -0.39 is 0 Å². The minimum Gasteiger partial charge on any atom is -0.497 e. The molecule has 4 aromatic rings. The molecule has 258 valence electrons. The van der Waals surface area contributed by atoms with E-state index in [2.05, 4.69) is 10.2 Å². The monoisotopic (exact) mass is 674 g/mol. The minimum atomic E-state index is -0.170. The molecule has 10 nitrogen and oxygen atoms in total. The summed E-state index contributed by atoms with van der Waals surface area (Å²) >= 11 is 0. The Hall–Kier alpha value is -5.64. The van der Waals surface area contributed by atoms with Gasteiger partial charge in [-0.2, -0.15) is 10.2 Å². The van der Waals surface area contributed by atoms with Crippen LogP contribution in [0, 0.1) is 0 Å². The summed E-state index contributed by atoms with van der Waals surface area (Å²) in [6.45, 7) is 4.15. The molecule has 2 atom stereocenters. The standard InChI is InChI=1S/C40H42N4O6/c1-27(45)43-39(29-13-17-33(47-3)18-14-29)25-37(41-43)31-9-7-11-35(23-31)49-21-5-6-22-50-36-12-8-10-32(24-36)38-26-40(44(42-38)28(2)46)30-15-19-34(48-4)20-16-30/h7-20,23-24,39-40H,5-6,21-22,25-26H2,1-4H3. The van der Waals surface area contributed by atoms with Gasteiger partial charge in [0.05, 0.1) is 50.9 Å². The topological polar surface area (TPSA) is 102 Å². The number of ether oxygens (including phenoxy) is 4. The van der Waals surface area contributed by atoms with Crippen molar-refractivity contribution in [3.05, 3.63) is 119 Å². The summed E-state index contributed by atoms with van der Waals surface area (Å²) < 4.78 is 22.7. The molecule has 4 aromatic carbocycles. The maximum atomic E-state index is 12.4. The van der Waals surface area contributed by atoms with E-state index in [9.17, 15) is 9.59 Å². The highest BCUT2D eigenvalue weighted by molar-refractivity contribution is 6.04. The second-order valence-electron chi connectivity index (χ2n) is 12.3. The predicted octanol–water partition coefficient (Wildman–Crippen LogP) is 7.34. The van der Waals surface area contributed by atoms with Crippen LogP contribution in [0.15, 0.2) is 107 Å². The van der Waals surface area contributed by atoms with Gasteiger partial charge in [-0.3, -0.25) is 9.59 Å². The first-order chi connectivity index (χ1) is 24.3. The highest BCUT2D eigenvalue weighted by Crippen LogP contribution is 2.35. The molecule has 0 aromatic heterocycles. The van der Waals surface area contributed by atoms with Crippen LogP contribution in [0.5, 0.6) is 23.0 Å². The lowest BCUT2D eigenvalue weighted by Gasteiger charge is -2.20. The summed E-state index contributed by atoms with van der Waals surface area (Å²) in [5.74, 6) is 2.84. The van der Waals surface area contributed by atoms with Gasteiger partial charge in [-0.15, -0.1) is 0 Å². The van der Waals surface area contributed by atoms with Crippen LogP contribution in [0.1, 0.15) is 73.9 Å². The first-order valence-corrected chi connectivity index (χ1v) is 16.8. The summed E-state index contributed by atoms with van der Waals surface area (Å²) in [4.78, 5) is 24.9. The quantitative estimate of drug-likeness (QED) is 0.138. The molecule has 6 rings (SSSR count). The van der Waals surface area contributed by atoms with Crippen molar-refractivity contribution < 1.29 is 28.5 Å². The zero-order valence-electron chi connectivity index (χ0n) is 28.9. The third-order valence-electron chi connectivity index (χ3n) is 8.88. The Morgan fingerprint density at radius 2 is 1.00 bits per heavy atom. The van der Waals surface area contributed by atoms with Gasteiger partial charge in [0.1, 0.15) is 23.0 Å². The molecule has 0 saturated heterocycles. The van der Waals surface area contributed by atoms with Crippen molar-refractivity contribution in [1.82, 2.24) is 10.0 Å². The number of hydrogen-bond donors (Lipinski definition) is 0. The second-order valence-corrected chi connectivity index (χ2v) is 12.3. The Morgan fingerprint density at radius 1 is 0.600 bits per heavy atom. The number of hydrazone groups is 2. The first-order valence-electron chi connectivity index (χ1n) is 16.8. The SMILES string of the molecule is COc1ccc(C2CC(c3cccc(OCCCCOc4cccc(C5=NN(C(C)=O)C(c6ccc(OC)cc6)C5)c4)c3)=NN2C(C)=O)cc1. The Morgan fingerprint density at radius 3 is 1.36 bits per heavy atom. The average Bonchev–Trinajstić information content (AvgIpc) is 3.80. The number of unbranched alkanes of at least 4 members (excludes halogenated alkanes) is 1. The summed E-state index contributed by atoms with van der Waals surface area (Å²) in [6.07, 6.45) is 2.84. The van der Waals surface area contributed by atoms with E-state index in [0.717, 1.165) is 69.5 Å². The molecule has 0 spiro atoms. The van der Waals surface area contributed by atoms with Gasteiger partial charge in [-0.1, -0.05) is 48.5 Å². The van der Waals surface area contributed by atoms with Crippen LogP contribution >= 0.6 is 0 Å². The van der Waals surface area contributed by atoms with Crippen molar-refractivity contribution in [3.63, 3.8) is 0 Å². The maximum Gasteiger partial charge on any atom is 0.240 e. The van der Waals surface area contributed by atoms with Gasteiger partial charge >= 0.3 is 0 Å². The Labute approximate surface area is 292 Å². The molecule has 50 heavy (non-hydrogen) atoms. The van der Waals surface area contributed by atoms with Crippen LogP contribution in [-0.4, -0.2) is 60.7 Å². The van der Waals surface area contributed by atoms with Gasteiger partial charge in [-0.25, -0.2) is 10.0 Å². The number of carbonyl (C=O) groups excluding carboxylic acids is 2. The van der Waals surface area contributed by atoms with Crippen molar-refractivity contribution in [1.29, 1.82) is 0 Å². The molecule has 2 heterocycles. The number of amides is 2. The normalized spacial score (nSPS) is 16.9. The van der Waals surface area contributed by atoms with Crippen molar-refractivity contribution in [3.8, 4) is 23.0 Å². The predicted molar refractivity (Wildman–Crippen MR) is 192 cm³/mol. The van der Waals surface area contributed by atoms with E-state index in [4.69, 9.17) is 18.9 Å². The Kier molecular flexibility index (Phi) is 10.8. The van der Waals surface area contributed by atoms with Gasteiger partial charge in [0.15, 0.2) is 0 Å². The number of nitrogens with zero attached hydrogens (tertiary/aromatic N) is 4. The van der Waals surface area contributed by atoms with E-state index in [1.165, 1.54) is 13.8 Å². The third kappa shape index (κ3) is 7.97. The molecule has 10 heteroatoms. The van der Waals surface area contributed by atoms with Gasteiger partial charge in [0, 0.05) is 37.8 Å². The molecule has 0 saturated carbocycles. The number of methoxy groups -OCH3 is 2. The van der Waals surface area contributed by atoms with Crippen molar-refractivity contribution in [2.45, 2.75) is 51.6 Å². The zero-order valence-corrected chi connectivity index (χ0v) is 28.9. The van der Waals surface area contributed by atoms with Crippen LogP contribution in [0.25, 0.3) is 0 Å².